The van der Waals surface area contributed by atoms with Crippen molar-refractivity contribution in [1.29, 1.82) is 0 Å². The van der Waals surface area contributed by atoms with Gasteiger partial charge >= 0.3 is 12.1 Å². The van der Waals surface area contributed by atoms with Gasteiger partial charge in [0.15, 0.2) is 0 Å². The number of benzene rings is 2. The second kappa shape index (κ2) is 9.22. The van der Waals surface area contributed by atoms with Crippen LogP contribution in [-0.4, -0.2) is 29.8 Å². The van der Waals surface area contributed by atoms with E-state index in [-0.39, 0.29) is 12.5 Å². The lowest BCUT2D eigenvalue weighted by Gasteiger charge is -2.17. The van der Waals surface area contributed by atoms with Gasteiger partial charge in [-0.15, -0.1) is 0 Å². The minimum atomic E-state index is -1.05. The van der Waals surface area contributed by atoms with Crippen LogP contribution in [0, 0.1) is 0 Å². The summed E-state index contributed by atoms with van der Waals surface area (Å²) in [6.07, 6.45) is 5.04. The van der Waals surface area contributed by atoms with Gasteiger partial charge in [0.05, 0.1) is 0 Å². The molecule has 0 fully saturated rings. The van der Waals surface area contributed by atoms with Gasteiger partial charge in [0.25, 0.3) is 0 Å². The normalized spacial score (nSPS) is 13.8. The molecule has 2 N–H and O–H groups in total. The van der Waals surface area contributed by atoms with Crippen molar-refractivity contribution in [3.63, 3.8) is 0 Å². The second-order valence-corrected chi connectivity index (χ2v) is 6.86. The van der Waals surface area contributed by atoms with E-state index in [0.29, 0.717) is 12.8 Å². The van der Waals surface area contributed by atoms with E-state index in [1.807, 2.05) is 55.5 Å². The van der Waals surface area contributed by atoms with Crippen LogP contribution in [0.25, 0.3) is 11.1 Å². The fourth-order valence-corrected chi connectivity index (χ4v) is 3.65. The highest BCUT2D eigenvalue weighted by molar-refractivity contribution is 5.81. The number of hydrogen-bond acceptors (Lipinski definition) is 3. The molecule has 1 aliphatic rings. The maximum atomic E-state index is 12.2. The number of unbranched alkanes of at least 4 members (excludes halogenated alkanes) is 1. The van der Waals surface area contributed by atoms with Crippen molar-refractivity contribution < 1.29 is 19.4 Å². The smallest absolute Gasteiger partial charge is 0.407 e. The molecule has 0 spiro atoms. The number of fused-ring (bicyclic) bond motifs is 3. The quantitative estimate of drug-likeness (QED) is 0.514. The molecule has 0 bridgehead atoms. The zero-order valence-corrected chi connectivity index (χ0v) is 15.9. The number of allylic oxidation sites excluding steroid dienone is 2. The molecule has 1 atom stereocenters. The molecule has 3 rings (SSSR count). The minimum absolute atomic E-state index is 0.0453. The summed E-state index contributed by atoms with van der Waals surface area (Å²) in [4.78, 5) is 23.6. The molecule has 0 saturated heterocycles. The molecule has 28 heavy (non-hydrogen) atoms. The first-order valence-electron chi connectivity index (χ1n) is 9.57. The van der Waals surface area contributed by atoms with Gasteiger partial charge in [0.1, 0.15) is 12.6 Å². The van der Waals surface area contributed by atoms with Gasteiger partial charge < -0.3 is 15.2 Å². The van der Waals surface area contributed by atoms with E-state index in [2.05, 4.69) is 17.4 Å². The third-order valence-corrected chi connectivity index (χ3v) is 5.03. The summed E-state index contributed by atoms with van der Waals surface area (Å²) in [5.74, 6) is -1.09. The third-order valence-electron chi connectivity index (χ3n) is 5.03. The number of ether oxygens (including phenoxy) is 1. The molecule has 0 radical (unpaired) electrons. The third kappa shape index (κ3) is 4.42. The number of rotatable bonds is 8. The number of carbonyl (C=O) groups excluding carboxylic acids is 1. The molecule has 2 aromatic carbocycles. The Balaban J connectivity index is 1.62. The lowest BCUT2D eigenvalue weighted by atomic mass is 9.98. The summed E-state index contributed by atoms with van der Waals surface area (Å²) in [5.41, 5.74) is 4.55. The van der Waals surface area contributed by atoms with Crippen molar-refractivity contribution in [3.05, 3.63) is 71.8 Å². The van der Waals surface area contributed by atoms with Gasteiger partial charge in [0, 0.05) is 5.92 Å². The number of carbonyl (C=O) groups is 2. The van der Waals surface area contributed by atoms with Crippen LogP contribution in [0.1, 0.15) is 43.2 Å². The van der Waals surface area contributed by atoms with Crippen molar-refractivity contribution in [2.24, 2.45) is 0 Å². The fourth-order valence-electron chi connectivity index (χ4n) is 3.65. The van der Waals surface area contributed by atoms with Crippen molar-refractivity contribution in [2.45, 2.75) is 38.1 Å². The van der Waals surface area contributed by atoms with Crippen LogP contribution < -0.4 is 5.32 Å². The molecule has 5 nitrogen and oxygen atoms in total. The van der Waals surface area contributed by atoms with Crippen molar-refractivity contribution >= 4 is 12.1 Å². The van der Waals surface area contributed by atoms with Gasteiger partial charge in [-0.2, -0.15) is 0 Å². The average Bonchev–Trinajstić information content (AvgIpc) is 3.02. The van der Waals surface area contributed by atoms with E-state index >= 15 is 0 Å². The van der Waals surface area contributed by atoms with Crippen LogP contribution in [-0.2, 0) is 9.53 Å². The van der Waals surface area contributed by atoms with E-state index in [9.17, 15) is 14.7 Å². The molecule has 1 amide bonds. The first-order valence-corrected chi connectivity index (χ1v) is 9.57. The molecule has 146 valence electrons. The van der Waals surface area contributed by atoms with Crippen LogP contribution in [0.3, 0.4) is 0 Å². The largest absolute Gasteiger partial charge is 0.480 e. The maximum absolute atomic E-state index is 12.2. The zero-order valence-electron chi connectivity index (χ0n) is 15.9. The SMILES string of the molecule is C/C=C/CCC[C@H](NC(=O)OCC1c2ccccc2-c2ccccc21)C(=O)O. The predicted octanol–water partition coefficient (Wildman–Crippen LogP) is 4.72. The molecule has 0 aromatic heterocycles. The lowest BCUT2D eigenvalue weighted by molar-refractivity contribution is -0.139. The molecular formula is C23H25NO4. The minimum Gasteiger partial charge on any atom is -0.480 e. The Morgan fingerprint density at radius 1 is 1.11 bits per heavy atom. The molecular weight excluding hydrogens is 354 g/mol. The van der Waals surface area contributed by atoms with Crippen LogP contribution in [0.2, 0.25) is 0 Å². The Morgan fingerprint density at radius 3 is 2.29 bits per heavy atom. The summed E-state index contributed by atoms with van der Waals surface area (Å²) in [6.45, 7) is 2.09. The first-order chi connectivity index (χ1) is 13.6. The van der Waals surface area contributed by atoms with Crippen molar-refractivity contribution in [3.8, 4) is 11.1 Å². The van der Waals surface area contributed by atoms with Gasteiger partial charge in [-0.1, -0.05) is 60.7 Å². The number of carboxylic acid groups (broad SMARTS) is 1. The average molecular weight is 379 g/mol. The summed E-state index contributed by atoms with van der Waals surface area (Å²) in [6, 6.07) is 15.2. The Morgan fingerprint density at radius 2 is 1.71 bits per heavy atom. The molecule has 2 aromatic rings. The van der Waals surface area contributed by atoms with Crippen LogP contribution >= 0.6 is 0 Å². The monoisotopic (exact) mass is 379 g/mol. The highest BCUT2D eigenvalue weighted by atomic mass is 16.5. The molecule has 0 unspecified atom stereocenters. The molecule has 0 heterocycles. The number of hydrogen-bond donors (Lipinski definition) is 2. The van der Waals surface area contributed by atoms with E-state index in [4.69, 9.17) is 4.74 Å². The van der Waals surface area contributed by atoms with Gasteiger partial charge in [-0.3, -0.25) is 0 Å². The second-order valence-electron chi connectivity index (χ2n) is 6.86. The molecule has 0 aliphatic heterocycles. The van der Waals surface area contributed by atoms with Gasteiger partial charge in [-0.25, -0.2) is 9.59 Å². The highest BCUT2D eigenvalue weighted by Gasteiger charge is 2.29. The fraction of sp³-hybridized carbons (Fsp3) is 0.304. The lowest BCUT2D eigenvalue weighted by Crippen LogP contribution is -2.41. The molecule has 5 heteroatoms. The van der Waals surface area contributed by atoms with Crippen molar-refractivity contribution in [2.75, 3.05) is 6.61 Å². The van der Waals surface area contributed by atoms with Crippen LogP contribution in [0.4, 0.5) is 4.79 Å². The highest BCUT2D eigenvalue weighted by Crippen LogP contribution is 2.44. The van der Waals surface area contributed by atoms with E-state index in [1.54, 1.807) is 0 Å². The standard InChI is InChI=1S/C23H25NO4/c1-2-3-4-5-14-21(22(25)26)24-23(27)28-15-20-18-12-8-6-10-16(18)17-11-7-9-13-19(17)20/h2-3,6-13,20-21H,4-5,14-15H2,1H3,(H,24,27)(H,25,26)/b3-2+/t21-/m0/s1. The number of nitrogens with one attached hydrogen (secondary N) is 1. The molecule has 1 aliphatic carbocycles. The Hall–Kier alpha value is -3.08. The zero-order chi connectivity index (χ0) is 19.9. The number of carboxylic acids is 1. The summed E-state index contributed by atoms with van der Waals surface area (Å²) in [5, 5.41) is 11.8. The van der Waals surface area contributed by atoms with Gasteiger partial charge in [0.2, 0.25) is 0 Å². The Bertz CT molecular complexity index is 829. The van der Waals surface area contributed by atoms with E-state index in [0.717, 1.165) is 28.7 Å². The Labute approximate surface area is 165 Å². The molecule has 0 saturated carbocycles. The van der Waals surface area contributed by atoms with Gasteiger partial charge in [-0.05, 0) is 48.4 Å². The van der Waals surface area contributed by atoms with Crippen LogP contribution in [0.15, 0.2) is 60.7 Å². The number of alkyl carbamates (subject to hydrolysis) is 1. The number of aliphatic carboxylic acids is 1. The summed E-state index contributed by atoms with van der Waals surface area (Å²) in [7, 11) is 0. The van der Waals surface area contributed by atoms with E-state index < -0.39 is 18.1 Å². The summed E-state index contributed by atoms with van der Waals surface area (Å²) >= 11 is 0. The van der Waals surface area contributed by atoms with Crippen molar-refractivity contribution in [1.82, 2.24) is 5.32 Å². The predicted molar refractivity (Wildman–Crippen MR) is 108 cm³/mol. The number of amides is 1. The Kier molecular flexibility index (Phi) is 6.48. The topological polar surface area (TPSA) is 75.6 Å². The van der Waals surface area contributed by atoms with E-state index in [1.165, 1.54) is 0 Å². The summed E-state index contributed by atoms with van der Waals surface area (Å²) < 4.78 is 5.42. The first kappa shape index (κ1) is 19.7. The van der Waals surface area contributed by atoms with Crippen LogP contribution in [0.5, 0.6) is 0 Å². The maximum Gasteiger partial charge on any atom is 0.407 e.